The predicted octanol–water partition coefficient (Wildman–Crippen LogP) is 15.8. The van der Waals surface area contributed by atoms with Gasteiger partial charge >= 0.3 is 24.1 Å². The second-order valence-corrected chi connectivity index (χ2v) is 21.2. The zero-order valence-electron chi connectivity index (χ0n) is 49.4. The van der Waals surface area contributed by atoms with E-state index in [0.29, 0.717) is 77.2 Å². The highest BCUT2D eigenvalue weighted by Crippen LogP contribution is 2.20. The first-order valence-corrected chi connectivity index (χ1v) is 31.2. The van der Waals surface area contributed by atoms with Crippen LogP contribution in [0.5, 0.6) is 0 Å². The van der Waals surface area contributed by atoms with Gasteiger partial charge in [0.1, 0.15) is 13.2 Å². The van der Waals surface area contributed by atoms with E-state index in [1.165, 1.54) is 77.0 Å². The van der Waals surface area contributed by atoms with E-state index in [0.717, 1.165) is 148 Å². The fourth-order valence-corrected chi connectivity index (χ4v) is 9.57. The minimum absolute atomic E-state index is 0.0977. The number of carbonyl (C=O) groups is 4. The molecule has 0 aliphatic rings. The number of carbonyl (C=O) groups excluding carboxylic acids is 4. The van der Waals surface area contributed by atoms with Crippen molar-refractivity contribution < 1.29 is 38.1 Å². The Morgan fingerprint density at radius 2 is 0.630 bits per heavy atom. The highest BCUT2D eigenvalue weighted by molar-refractivity contribution is 5.70. The lowest BCUT2D eigenvalue weighted by molar-refractivity contribution is -0.146. The van der Waals surface area contributed by atoms with Crippen molar-refractivity contribution in [2.24, 2.45) is 11.8 Å². The summed E-state index contributed by atoms with van der Waals surface area (Å²) in [7, 11) is 0. The average molecular weight is 1040 g/mol. The van der Waals surface area contributed by atoms with Crippen LogP contribution >= 0.6 is 0 Å². The van der Waals surface area contributed by atoms with Crippen molar-refractivity contribution >= 4 is 24.1 Å². The van der Waals surface area contributed by atoms with E-state index >= 15 is 0 Å². The summed E-state index contributed by atoms with van der Waals surface area (Å²) in [5, 5.41) is 0. The molecule has 0 atom stereocenters. The lowest BCUT2D eigenvalue weighted by Crippen LogP contribution is -2.39. The van der Waals surface area contributed by atoms with Gasteiger partial charge in [0.15, 0.2) is 0 Å². The molecular weight excluding hydrogens is 917 g/mol. The lowest BCUT2D eigenvalue weighted by Gasteiger charge is -2.27. The summed E-state index contributed by atoms with van der Waals surface area (Å²) >= 11 is 0. The standard InChI is InChI=1S/C61H120N4O8/c1-9-17-23-33-46-64(48-35-25-31-42-58(66)72-54-56(38-27-19-11-3)39-28-20-12-4)60(68)70-52-50-63(45-37-44-62(15-7)16-8)51-53-71-61(69)65(47-34-24-18-10-2)49-36-26-32-43-59(67)73-55-57(40-29-21-13-5)41-30-22-14-6/h56-57H,9-55H2,1-8H3. The monoisotopic (exact) mass is 1040 g/mol. The van der Waals surface area contributed by atoms with Crippen LogP contribution in [0.15, 0.2) is 0 Å². The van der Waals surface area contributed by atoms with Gasteiger partial charge < -0.3 is 33.6 Å². The Labute approximate surface area is 451 Å². The van der Waals surface area contributed by atoms with Gasteiger partial charge in [0.2, 0.25) is 0 Å². The zero-order valence-corrected chi connectivity index (χ0v) is 49.4. The Hall–Kier alpha value is -2.60. The number of nitrogens with zero attached hydrogens (tertiary/aromatic N) is 4. The molecule has 0 saturated heterocycles. The normalized spacial score (nSPS) is 11.6. The molecule has 0 fully saturated rings. The number of rotatable bonds is 54. The van der Waals surface area contributed by atoms with Crippen molar-refractivity contribution in [3.8, 4) is 0 Å². The minimum Gasteiger partial charge on any atom is -0.465 e. The second-order valence-electron chi connectivity index (χ2n) is 21.2. The van der Waals surface area contributed by atoms with Crippen molar-refractivity contribution in [3.63, 3.8) is 0 Å². The number of unbranched alkanes of at least 4 members (excludes halogenated alkanes) is 18. The number of esters is 2. The summed E-state index contributed by atoms with van der Waals surface area (Å²) in [6, 6.07) is 0. The fraction of sp³-hybridized carbons (Fsp3) is 0.934. The molecule has 0 bridgehead atoms. The van der Waals surface area contributed by atoms with Crippen LogP contribution in [0.3, 0.4) is 0 Å². The largest absolute Gasteiger partial charge is 0.465 e. The molecule has 73 heavy (non-hydrogen) atoms. The van der Waals surface area contributed by atoms with Gasteiger partial charge in [-0.15, -0.1) is 0 Å². The Kier molecular flexibility index (Phi) is 50.9. The van der Waals surface area contributed by atoms with Crippen LogP contribution in [0.2, 0.25) is 0 Å². The maximum absolute atomic E-state index is 13.6. The summed E-state index contributed by atoms with van der Waals surface area (Å²) in [6.07, 6.45) is 33.9. The molecule has 0 aromatic rings. The molecule has 0 radical (unpaired) electrons. The van der Waals surface area contributed by atoms with Gasteiger partial charge in [-0.25, -0.2) is 9.59 Å². The van der Waals surface area contributed by atoms with Crippen LogP contribution in [0.1, 0.15) is 267 Å². The third-order valence-electron chi connectivity index (χ3n) is 14.6. The molecule has 0 heterocycles. The van der Waals surface area contributed by atoms with Crippen LogP contribution in [-0.2, 0) is 28.5 Å². The summed E-state index contributed by atoms with van der Waals surface area (Å²) in [6.45, 7) is 26.8. The van der Waals surface area contributed by atoms with Crippen molar-refractivity contribution in [3.05, 3.63) is 0 Å². The van der Waals surface area contributed by atoms with Gasteiger partial charge in [-0.1, -0.05) is 184 Å². The maximum Gasteiger partial charge on any atom is 0.409 e. The Morgan fingerprint density at radius 3 is 0.959 bits per heavy atom. The van der Waals surface area contributed by atoms with Gasteiger partial charge in [-0.2, -0.15) is 0 Å². The molecule has 432 valence electrons. The third-order valence-corrected chi connectivity index (χ3v) is 14.6. The number of amides is 2. The maximum atomic E-state index is 13.6. The van der Waals surface area contributed by atoms with E-state index in [1.807, 2.05) is 9.80 Å². The fourth-order valence-electron chi connectivity index (χ4n) is 9.57. The molecular formula is C61H120N4O8. The molecule has 12 heteroatoms. The summed E-state index contributed by atoms with van der Waals surface area (Å²) < 4.78 is 23.5. The molecule has 12 nitrogen and oxygen atoms in total. The first-order valence-electron chi connectivity index (χ1n) is 31.2. The SMILES string of the molecule is CCCCCCN(CCCCCC(=O)OCC(CCCCC)CCCCC)C(=O)OCCN(CCCN(CC)CC)CCOC(=O)N(CCCCCC)CCCCCC(=O)OCC(CCCCC)CCCCC. The van der Waals surface area contributed by atoms with E-state index in [4.69, 9.17) is 18.9 Å². The van der Waals surface area contributed by atoms with E-state index in [1.54, 1.807) is 0 Å². The smallest absolute Gasteiger partial charge is 0.409 e. The second kappa shape index (κ2) is 52.8. The van der Waals surface area contributed by atoms with Crippen molar-refractivity contribution in [1.29, 1.82) is 0 Å². The van der Waals surface area contributed by atoms with Crippen LogP contribution in [-0.4, -0.2) is 136 Å². The van der Waals surface area contributed by atoms with Crippen LogP contribution < -0.4 is 0 Å². The van der Waals surface area contributed by atoms with E-state index in [-0.39, 0.29) is 37.3 Å². The van der Waals surface area contributed by atoms with Crippen LogP contribution in [0, 0.1) is 11.8 Å². The van der Waals surface area contributed by atoms with Gasteiger partial charge in [-0.3, -0.25) is 14.5 Å². The molecule has 0 aromatic carbocycles. The number of hydrogen-bond donors (Lipinski definition) is 0. The van der Waals surface area contributed by atoms with Gasteiger partial charge in [-0.05, 0) is 109 Å². The predicted molar refractivity (Wildman–Crippen MR) is 305 cm³/mol. The number of hydrogen-bond acceptors (Lipinski definition) is 10. The highest BCUT2D eigenvalue weighted by atomic mass is 16.6. The van der Waals surface area contributed by atoms with Crippen molar-refractivity contribution in [2.75, 3.05) is 91.9 Å². The molecule has 0 spiro atoms. The van der Waals surface area contributed by atoms with Crippen molar-refractivity contribution in [2.45, 2.75) is 267 Å². The summed E-state index contributed by atoms with van der Waals surface area (Å²) in [5.41, 5.74) is 0. The minimum atomic E-state index is -0.275. The van der Waals surface area contributed by atoms with Crippen LogP contribution in [0.4, 0.5) is 9.59 Å². The first kappa shape index (κ1) is 70.4. The van der Waals surface area contributed by atoms with E-state index in [2.05, 4.69) is 65.2 Å². The molecule has 0 N–H and O–H groups in total. The molecule has 0 rings (SSSR count). The summed E-state index contributed by atoms with van der Waals surface area (Å²) in [5.74, 6) is 0.736. The number of ether oxygens (including phenoxy) is 4. The molecule has 0 aromatic heterocycles. The molecule has 0 aliphatic heterocycles. The molecule has 0 saturated carbocycles. The molecule has 0 aliphatic carbocycles. The van der Waals surface area contributed by atoms with Gasteiger partial charge in [0.25, 0.3) is 0 Å². The zero-order chi connectivity index (χ0) is 53.8. The van der Waals surface area contributed by atoms with E-state index in [9.17, 15) is 19.2 Å². The molecule has 2 amide bonds. The van der Waals surface area contributed by atoms with Gasteiger partial charge in [0, 0.05) is 52.1 Å². The quantitative estimate of drug-likeness (QED) is 0.0331. The van der Waals surface area contributed by atoms with Crippen molar-refractivity contribution in [1.82, 2.24) is 19.6 Å². The lowest BCUT2D eigenvalue weighted by atomic mass is 9.96. The van der Waals surface area contributed by atoms with Gasteiger partial charge in [0.05, 0.1) is 13.2 Å². The summed E-state index contributed by atoms with van der Waals surface area (Å²) in [4.78, 5) is 61.0. The Bertz CT molecular complexity index is 1150. The average Bonchev–Trinajstić information content (AvgIpc) is 3.39. The Morgan fingerprint density at radius 1 is 0.315 bits per heavy atom. The first-order chi connectivity index (χ1) is 35.6. The molecule has 0 unspecified atom stereocenters. The third kappa shape index (κ3) is 43.2. The highest BCUT2D eigenvalue weighted by Gasteiger charge is 2.19. The van der Waals surface area contributed by atoms with Crippen LogP contribution in [0.25, 0.3) is 0 Å². The van der Waals surface area contributed by atoms with E-state index < -0.39 is 0 Å². The topological polar surface area (TPSA) is 118 Å². The Balaban J connectivity index is 5.29.